The van der Waals surface area contributed by atoms with Gasteiger partial charge in [0, 0.05) is 31.8 Å². The van der Waals surface area contributed by atoms with E-state index in [-0.39, 0.29) is 24.0 Å². The average molecular weight is 423 g/mol. The molecule has 0 saturated carbocycles. The molecule has 2 N–H and O–H groups in total. The van der Waals surface area contributed by atoms with E-state index in [0.717, 1.165) is 30.2 Å². The first kappa shape index (κ1) is 20.6. The fourth-order valence-corrected chi connectivity index (χ4v) is 1.87. The molecule has 0 bridgehead atoms. The van der Waals surface area contributed by atoms with Crippen LogP contribution in [0.25, 0.3) is 0 Å². The van der Waals surface area contributed by atoms with E-state index in [1.54, 1.807) is 28.4 Å². The summed E-state index contributed by atoms with van der Waals surface area (Å²) in [6.07, 6.45) is 1.04. The summed E-state index contributed by atoms with van der Waals surface area (Å²) in [6.45, 7) is 3.56. The normalized spacial score (nSPS) is 10.5. The Hall–Kier alpha value is -1.38. The lowest BCUT2D eigenvalue weighted by molar-refractivity contribution is 0.347. The molecule has 7 heteroatoms. The number of rotatable bonds is 7. The summed E-state index contributed by atoms with van der Waals surface area (Å²) in [7, 11) is 6.60. The molecule has 0 aliphatic heterocycles. The van der Waals surface area contributed by atoms with Crippen LogP contribution in [0.1, 0.15) is 18.9 Å². The number of benzene rings is 1. The monoisotopic (exact) mass is 423 g/mol. The van der Waals surface area contributed by atoms with Crippen LogP contribution in [0.3, 0.4) is 0 Å². The lowest BCUT2D eigenvalue weighted by atomic mass is 10.1. The number of hydrogen-bond donors (Lipinski definition) is 2. The molecule has 0 amide bonds. The van der Waals surface area contributed by atoms with Gasteiger partial charge in [0.05, 0.1) is 21.3 Å². The zero-order valence-corrected chi connectivity index (χ0v) is 16.2. The van der Waals surface area contributed by atoms with Gasteiger partial charge in [-0.05, 0) is 12.5 Å². The van der Waals surface area contributed by atoms with Gasteiger partial charge in [0.15, 0.2) is 17.5 Å². The number of ether oxygens (including phenoxy) is 3. The van der Waals surface area contributed by atoms with E-state index < -0.39 is 0 Å². The van der Waals surface area contributed by atoms with E-state index in [9.17, 15) is 0 Å². The van der Waals surface area contributed by atoms with Crippen molar-refractivity contribution in [3.05, 3.63) is 17.7 Å². The van der Waals surface area contributed by atoms with Crippen LogP contribution in [0.15, 0.2) is 17.1 Å². The third-order valence-electron chi connectivity index (χ3n) is 3.00. The van der Waals surface area contributed by atoms with Gasteiger partial charge in [-0.1, -0.05) is 6.92 Å². The fourth-order valence-electron chi connectivity index (χ4n) is 1.87. The lowest BCUT2D eigenvalue weighted by Crippen LogP contribution is -2.37. The molecule has 1 aromatic carbocycles. The Bertz CT molecular complexity index is 481. The summed E-state index contributed by atoms with van der Waals surface area (Å²) in [4.78, 5) is 4.17. The molecule has 0 spiro atoms. The third-order valence-corrected chi connectivity index (χ3v) is 3.00. The van der Waals surface area contributed by atoms with E-state index in [4.69, 9.17) is 14.2 Å². The van der Waals surface area contributed by atoms with Crippen molar-refractivity contribution < 1.29 is 14.2 Å². The Balaban J connectivity index is 0.00000441. The molecule has 126 valence electrons. The predicted octanol–water partition coefficient (Wildman–Crippen LogP) is 2.41. The molecule has 0 fully saturated rings. The van der Waals surface area contributed by atoms with Crippen molar-refractivity contribution in [2.45, 2.75) is 19.9 Å². The van der Waals surface area contributed by atoms with E-state index >= 15 is 0 Å². The van der Waals surface area contributed by atoms with Gasteiger partial charge in [0.2, 0.25) is 0 Å². The molecule has 6 nitrogen and oxygen atoms in total. The van der Waals surface area contributed by atoms with E-state index in [0.29, 0.717) is 18.0 Å². The average Bonchev–Trinajstić information content (AvgIpc) is 2.54. The van der Waals surface area contributed by atoms with Crippen LogP contribution < -0.4 is 24.8 Å². The SMILES string of the molecule is CCCNC(=NC)NCc1cc(OC)c(OC)cc1OC.I. The fraction of sp³-hybridized carbons (Fsp3) is 0.533. The highest BCUT2D eigenvalue weighted by Crippen LogP contribution is 2.34. The van der Waals surface area contributed by atoms with Gasteiger partial charge in [-0.3, -0.25) is 4.99 Å². The molecular weight excluding hydrogens is 397 g/mol. The molecule has 0 radical (unpaired) electrons. The molecule has 0 heterocycles. The molecule has 0 aliphatic rings. The maximum absolute atomic E-state index is 5.40. The number of halogens is 1. The molecule has 0 saturated heterocycles. The summed E-state index contributed by atoms with van der Waals surface area (Å²) in [5, 5.41) is 6.47. The highest BCUT2D eigenvalue weighted by atomic mass is 127. The quantitative estimate of drug-likeness (QED) is 0.401. The second-order valence-corrected chi connectivity index (χ2v) is 4.37. The number of nitrogens with zero attached hydrogens (tertiary/aromatic N) is 1. The van der Waals surface area contributed by atoms with E-state index in [1.807, 2.05) is 12.1 Å². The minimum atomic E-state index is 0. The minimum Gasteiger partial charge on any atom is -0.496 e. The van der Waals surface area contributed by atoms with Crippen molar-refractivity contribution >= 4 is 29.9 Å². The highest BCUT2D eigenvalue weighted by molar-refractivity contribution is 14.0. The van der Waals surface area contributed by atoms with Gasteiger partial charge >= 0.3 is 0 Å². The molecule has 1 rings (SSSR count). The maximum atomic E-state index is 5.40. The third kappa shape index (κ3) is 5.78. The maximum Gasteiger partial charge on any atom is 0.191 e. The molecule has 0 aromatic heterocycles. The molecule has 0 atom stereocenters. The number of guanidine groups is 1. The summed E-state index contributed by atoms with van der Waals surface area (Å²) < 4.78 is 16.0. The van der Waals surface area contributed by atoms with Crippen LogP contribution in [0.2, 0.25) is 0 Å². The zero-order valence-electron chi connectivity index (χ0n) is 13.9. The zero-order chi connectivity index (χ0) is 15.7. The molecule has 0 aliphatic carbocycles. The van der Waals surface area contributed by atoms with Crippen LogP contribution in [-0.2, 0) is 6.54 Å². The lowest BCUT2D eigenvalue weighted by Gasteiger charge is -2.16. The number of aliphatic imine (C=N–C) groups is 1. The number of hydrogen-bond acceptors (Lipinski definition) is 4. The van der Waals surface area contributed by atoms with E-state index in [2.05, 4.69) is 22.5 Å². The van der Waals surface area contributed by atoms with Gasteiger partial charge in [0.25, 0.3) is 0 Å². The first-order valence-corrected chi connectivity index (χ1v) is 6.93. The molecular formula is C15H26IN3O3. The molecule has 0 unspecified atom stereocenters. The summed E-state index contributed by atoms with van der Waals surface area (Å²) in [5.41, 5.74) is 0.967. The van der Waals surface area contributed by atoms with Crippen LogP contribution in [0.4, 0.5) is 0 Å². The van der Waals surface area contributed by atoms with Crippen molar-refractivity contribution in [2.24, 2.45) is 4.99 Å². The van der Waals surface area contributed by atoms with Gasteiger partial charge in [-0.15, -0.1) is 24.0 Å². The van der Waals surface area contributed by atoms with Crippen molar-refractivity contribution in [3.8, 4) is 17.2 Å². The standard InChI is InChI=1S/C15H25N3O3.HI/c1-6-7-17-15(16-2)18-10-11-8-13(20-4)14(21-5)9-12(11)19-3;/h8-9H,6-7,10H2,1-5H3,(H2,16,17,18);1H. The summed E-state index contributed by atoms with van der Waals surface area (Å²) in [5.74, 6) is 2.82. The molecule has 22 heavy (non-hydrogen) atoms. The van der Waals surface area contributed by atoms with Crippen LogP contribution in [0, 0.1) is 0 Å². The Morgan fingerprint density at radius 3 is 2.09 bits per heavy atom. The number of nitrogens with one attached hydrogen (secondary N) is 2. The van der Waals surface area contributed by atoms with Crippen LogP contribution >= 0.6 is 24.0 Å². The van der Waals surface area contributed by atoms with Crippen molar-refractivity contribution in [1.82, 2.24) is 10.6 Å². The van der Waals surface area contributed by atoms with Gasteiger partial charge in [0.1, 0.15) is 5.75 Å². The Labute approximate surface area is 149 Å². The first-order chi connectivity index (χ1) is 10.2. The second-order valence-electron chi connectivity index (χ2n) is 4.37. The van der Waals surface area contributed by atoms with Gasteiger partial charge in [-0.2, -0.15) is 0 Å². The van der Waals surface area contributed by atoms with Crippen molar-refractivity contribution in [1.29, 1.82) is 0 Å². The van der Waals surface area contributed by atoms with E-state index in [1.165, 1.54) is 0 Å². The van der Waals surface area contributed by atoms with Crippen molar-refractivity contribution in [3.63, 3.8) is 0 Å². The van der Waals surface area contributed by atoms with Gasteiger partial charge in [-0.25, -0.2) is 0 Å². The number of methoxy groups -OCH3 is 3. The minimum absolute atomic E-state index is 0. The van der Waals surface area contributed by atoms with Crippen molar-refractivity contribution in [2.75, 3.05) is 34.9 Å². The Morgan fingerprint density at radius 1 is 1.00 bits per heavy atom. The van der Waals surface area contributed by atoms with Gasteiger partial charge < -0.3 is 24.8 Å². The predicted molar refractivity (Wildman–Crippen MR) is 100 cm³/mol. The van der Waals surface area contributed by atoms with Crippen LogP contribution in [0.5, 0.6) is 17.2 Å². The summed E-state index contributed by atoms with van der Waals surface area (Å²) >= 11 is 0. The molecule has 1 aromatic rings. The van der Waals surface area contributed by atoms with Crippen LogP contribution in [-0.4, -0.2) is 40.9 Å². The summed E-state index contributed by atoms with van der Waals surface area (Å²) in [6, 6.07) is 3.72. The second kappa shape index (κ2) is 11.2. The first-order valence-electron chi connectivity index (χ1n) is 6.93. The largest absolute Gasteiger partial charge is 0.496 e. The highest BCUT2D eigenvalue weighted by Gasteiger charge is 2.12. The topological polar surface area (TPSA) is 64.1 Å². The Morgan fingerprint density at radius 2 is 1.59 bits per heavy atom. The Kier molecular flexibility index (Phi) is 10.5. The smallest absolute Gasteiger partial charge is 0.191 e.